The molecule has 5 nitrogen and oxygen atoms in total. The van der Waals surface area contributed by atoms with Crippen LogP contribution in [0.3, 0.4) is 0 Å². The van der Waals surface area contributed by atoms with Gasteiger partial charge in [0.2, 0.25) is 5.91 Å². The number of hydrogen-bond acceptors (Lipinski definition) is 3. The predicted octanol–water partition coefficient (Wildman–Crippen LogP) is 1.66. The third kappa shape index (κ3) is 4.03. The van der Waals surface area contributed by atoms with Crippen LogP contribution in [-0.4, -0.2) is 54.3 Å². The second-order valence-corrected chi connectivity index (χ2v) is 6.18. The molecular formula is C17H24ClN3O2. The number of carbonyl (C=O) groups excluding carboxylic acids is 2. The topological polar surface area (TPSA) is 52.7 Å². The Hall–Kier alpha value is -1.59. The van der Waals surface area contributed by atoms with Crippen molar-refractivity contribution in [3.05, 3.63) is 35.4 Å². The Morgan fingerprint density at radius 2 is 2.09 bits per heavy atom. The Labute approximate surface area is 143 Å². The van der Waals surface area contributed by atoms with Crippen molar-refractivity contribution >= 4 is 24.2 Å². The smallest absolute Gasteiger partial charge is 0.253 e. The molecule has 1 unspecified atom stereocenters. The summed E-state index contributed by atoms with van der Waals surface area (Å²) >= 11 is 0. The van der Waals surface area contributed by atoms with Gasteiger partial charge in [0.25, 0.3) is 5.91 Å². The molecule has 1 N–H and O–H groups in total. The number of nitrogens with zero attached hydrogens (tertiary/aromatic N) is 2. The maximum atomic E-state index is 12.5. The molecular weight excluding hydrogens is 314 g/mol. The molecule has 0 radical (unpaired) electrons. The van der Waals surface area contributed by atoms with E-state index in [2.05, 4.69) is 5.32 Å². The average molecular weight is 338 g/mol. The zero-order valence-corrected chi connectivity index (χ0v) is 14.3. The molecule has 6 heteroatoms. The van der Waals surface area contributed by atoms with Crippen molar-refractivity contribution in [2.45, 2.75) is 31.8 Å². The first kappa shape index (κ1) is 17.8. The van der Waals surface area contributed by atoms with Crippen molar-refractivity contribution in [3.63, 3.8) is 0 Å². The van der Waals surface area contributed by atoms with E-state index < -0.39 is 0 Å². The SMILES string of the molecule is CN(C(=O)c1ccc(CN2CCCC2=O)cc1)C1CCNC1.Cl. The maximum absolute atomic E-state index is 12.5. The van der Waals surface area contributed by atoms with Gasteiger partial charge >= 0.3 is 0 Å². The van der Waals surface area contributed by atoms with E-state index in [9.17, 15) is 9.59 Å². The highest BCUT2D eigenvalue weighted by Gasteiger charge is 2.24. The Bertz CT molecular complexity index is 555. The lowest BCUT2D eigenvalue weighted by Gasteiger charge is -2.24. The first-order valence-electron chi connectivity index (χ1n) is 8.00. The van der Waals surface area contributed by atoms with E-state index in [1.807, 2.05) is 41.1 Å². The fourth-order valence-corrected chi connectivity index (χ4v) is 3.18. The number of carbonyl (C=O) groups is 2. The summed E-state index contributed by atoms with van der Waals surface area (Å²) in [5, 5.41) is 3.28. The number of benzene rings is 1. The maximum Gasteiger partial charge on any atom is 0.253 e. The fraction of sp³-hybridized carbons (Fsp3) is 0.529. The van der Waals surface area contributed by atoms with Gasteiger partial charge in [-0.1, -0.05) is 12.1 Å². The molecule has 2 amide bonds. The summed E-state index contributed by atoms with van der Waals surface area (Å²) in [5.41, 5.74) is 1.79. The molecule has 0 spiro atoms. The van der Waals surface area contributed by atoms with Gasteiger partial charge < -0.3 is 15.1 Å². The van der Waals surface area contributed by atoms with Crippen molar-refractivity contribution in [2.24, 2.45) is 0 Å². The van der Waals surface area contributed by atoms with Gasteiger partial charge in [-0.05, 0) is 37.1 Å². The third-order valence-electron chi connectivity index (χ3n) is 4.65. The quantitative estimate of drug-likeness (QED) is 0.909. The van der Waals surface area contributed by atoms with Gasteiger partial charge in [-0.25, -0.2) is 0 Å². The van der Waals surface area contributed by atoms with Crippen molar-refractivity contribution in [3.8, 4) is 0 Å². The van der Waals surface area contributed by atoms with Gasteiger partial charge in [0, 0.05) is 44.7 Å². The lowest BCUT2D eigenvalue weighted by molar-refractivity contribution is -0.128. The molecule has 0 bridgehead atoms. The van der Waals surface area contributed by atoms with Gasteiger partial charge in [-0.15, -0.1) is 12.4 Å². The van der Waals surface area contributed by atoms with E-state index in [0.717, 1.165) is 38.0 Å². The molecule has 126 valence electrons. The molecule has 1 aromatic carbocycles. The number of hydrogen-bond donors (Lipinski definition) is 1. The van der Waals surface area contributed by atoms with Gasteiger partial charge in [0.05, 0.1) is 0 Å². The number of likely N-dealkylation sites (tertiary alicyclic amines) is 1. The van der Waals surface area contributed by atoms with E-state index >= 15 is 0 Å². The van der Waals surface area contributed by atoms with Gasteiger partial charge in [-0.2, -0.15) is 0 Å². The Balaban J connectivity index is 0.00000192. The number of rotatable bonds is 4. The van der Waals surface area contributed by atoms with Gasteiger partial charge in [0.1, 0.15) is 0 Å². The molecule has 1 aromatic rings. The van der Waals surface area contributed by atoms with Gasteiger partial charge in [0.15, 0.2) is 0 Å². The first-order chi connectivity index (χ1) is 10.6. The van der Waals surface area contributed by atoms with Crippen LogP contribution in [0.15, 0.2) is 24.3 Å². The first-order valence-corrected chi connectivity index (χ1v) is 8.00. The number of likely N-dealkylation sites (N-methyl/N-ethyl adjacent to an activating group) is 1. The van der Waals surface area contributed by atoms with Gasteiger partial charge in [-0.3, -0.25) is 9.59 Å². The summed E-state index contributed by atoms with van der Waals surface area (Å²) < 4.78 is 0. The Morgan fingerprint density at radius 3 is 2.65 bits per heavy atom. The number of nitrogens with one attached hydrogen (secondary N) is 1. The minimum Gasteiger partial charge on any atom is -0.338 e. The summed E-state index contributed by atoms with van der Waals surface area (Å²) in [6.07, 6.45) is 2.63. The van der Waals surface area contributed by atoms with E-state index in [0.29, 0.717) is 18.5 Å². The molecule has 0 saturated carbocycles. The second kappa shape index (κ2) is 7.79. The minimum atomic E-state index is 0. The molecule has 2 fully saturated rings. The summed E-state index contributed by atoms with van der Waals surface area (Å²) in [6, 6.07) is 7.95. The van der Waals surface area contributed by atoms with Crippen LogP contribution < -0.4 is 5.32 Å². The van der Waals surface area contributed by atoms with Crippen LogP contribution in [0.2, 0.25) is 0 Å². The molecule has 2 saturated heterocycles. The van der Waals surface area contributed by atoms with Crippen LogP contribution >= 0.6 is 12.4 Å². The van der Waals surface area contributed by atoms with E-state index in [-0.39, 0.29) is 30.3 Å². The number of halogens is 1. The van der Waals surface area contributed by atoms with Crippen LogP contribution in [0.4, 0.5) is 0 Å². The van der Waals surface area contributed by atoms with Crippen LogP contribution in [0, 0.1) is 0 Å². The van der Waals surface area contributed by atoms with Crippen LogP contribution in [0.1, 0.15) is 35.2 Å². The summed E-state index contributed by atoms with van der Waals surface area (Å²) in [7, 11) is 1.87. The minimum absolute atomic E-state index is 0. The van der Waals surface area contributed by atoms with Crippen molar-refractivity contribution < 1.29 is 9.59 Å². The van der Waals surface area contributed by atoms with E-state index in [1.54, 1.807) is 0 Å². The molecule has 0 aromatic heterocycles. The molecule has 3 rings (SSSR count). The highest BCUT2D eigenvalue weighted by molar-refractivity contribution is 5.94. The standard InChI is InChI=1S/C17H23N3O2.ClH/c1-19(15-8-9-18-11-15)17(22)14-6-4-13(5-7-14)12-20-10-2-3-16(20)21;/h4-7,15,18H,2-3,8-12H2,1H3;1H. The normalized spacial score (nSPS) is 20.5. The Morgan fingerprint density at radius 1 is 1.35 bits per heavy atom. The van der Waals surface area contributed by atoms with E-state index in [4.69, 9.17) is 0 Å². The fourth-order valence-electron chi connectivity index (χ4n) is 3.18. The second-order valence-electron chi connectivity index (χ2n) is 6.18. The average Bonchev–Trinajstić information content (AvgIpc) is 3.19. The largest absolute Gasteiger partial charge is 0.338 e. The predicted molar refractivity (Wildman–Crippen MR) is 91.7 cm³/mol. The molecule has 23 heavy (non-hydrogen) atoms. The summed E-state index contributed by atoms with van der Waals surface area (Å²) in [4.78, 5) is 27.8. The van der Waals surface area contributed by atoms with Crippen LogP contribution in [0.5, 0.6) is 0 Å². The van der Waals surface area contributed by atoms with Crippen molar-refractivity contribution in [1.82, 2.24) is 15.1 Å². The molecule has 2 aliphatic heterocycles. The summed E-state index contributed by atoms with van der Waals surface area (Å²) in [5.74, 6) is 0.297. The zero-order chi connectivity index (χ0) is 15.5. The summed E-state index contributed by atoms with van der Waals surface area (Å²) in [6.45, 7) is 3.34. The lowest BCUT2D eigenvalue weighted by Crippen LogP contribution is -2.38. The molecule has 2 aliphatic rings. The van der Waals surface area contributed by atoms with E-state index in [1.165, 1.54) is 0 Å². The molecule has 1 atom stereocenters. The lowest BCUT2D eigenvalue weighted by atomic mass is 10.1. The monoisotopic (exact) mass is 337 g/mol. The van der Waals surface area contributed by atoms with Crippen LogP contribution in [-0.2, 0) is 11.3 Å². The van der Waals surface area contributed by atoms with Crippen molar-refractivity contribution in [1.29, 1.82) is 0 Å². The highest BCUT2D eigenvalue weighted by atomic mass is 35.5. The van der Waals surface area contributed by atoms with Crippen LogP contribution in [0.25, 0.3) is 0 Å². The molecule has 2 heterocycles. The number of amides is 2. The van der Waals surface area contributed by atoms with Crippen molar-refractivity contribution in [2.75, 3.05) is 26.7 Å². The Kier molecular flexibility index (Phi) is 6.02. The third-order valence-corrected chi connectivity index (χ3v) is 4.65. The molecule has 0 aliphatic carbocycles. The zero-order valence-electron chi connectivity index (χ0n) is 13.5. The highest BCUT2D eigenvalue weighted by Crippen LogP contribution is 2.16.